The molecule has 0 radical (unpaired) electrons. The van der Waals surface area contributed by atoms with E-state index in [1.165, 1.54) is 6.20 Å². The summed E-state index contributed by atoms with van der Waals surface area (Å²) in [6.07, 6.45) is 2.97. The maximum Gasteiger partial charge on any atom is 0.226 e. The van der Waals surface area contributed by atoms with Gasteiger partial charge in [0.1, 0.15) is 0 Å². The van der Waals surface area contributed by atoms with Crippen molar-refractivity contribution < 1.29 is 14.6 Å². The summed E-state index contributed by atoms with van der Waals surface area (Å²) >= 11 is 0. The van der Waals surface area contributed by atoms with Crippen molar-refractivity contribution in [1.29, 1.82) is 0 Å². The van der Waals surface area contributed by atoms with Crippen LogP contribution >= 0.6 is 0 Å². The Hall–Kier alpha value is -1.66. The standard InChI is InChI=1S/C13H19N3O3/c14-10-1-2-11(15-8-10)7-12(18)16-13(9-17)3-5-19-6-4-13/h1-2,8,17H,3-7,9,14H2,(H,16,18). The van der Waals surface area contributed by atoms with Gasteiger partial charge in [-0.05, 0) is 25.0 Å². The maximum absolute atomic E-state index is 12.0. The van der Waals surface area contributed by atoms with E-state index in [2.05, 4.69) is 10.3 Å². The Morgan fingerprint density at radius 2 is 2.21 bits per heavy atom. The zero-order valence-corrected chi connectivity index (χ0v) is 10.8. The fourth-order valence-corrected chi connectivity index (χ4v) is 2.13. The molecule has 0 bridgehead atoms. The van der Waals surface area contributed by atoms with Crippen LogP contribution in [0.15, 0.2) is 18.3 Å². The van der Waals surface area contributed by atoms with Crippen LogP contribution in [0.2, 0.25) is 0 Å². The minimum absolute atomic E-state index is 0.0722. The van der Waals surface area contributed by atoms with Crippen LogP contribution in [-0.4, -0.2) is 41.4 Å². The average molecular weight is 265 g/mol. The third-order valence-corrected chi connectivity index (χ3v) is 3.35. The molecule has 1 aromatic rings. The molecule has 0 aromatic carbocycles. The Morgan fingerprint density at radius 1 is 1.47 bits per heavy atom. The van der Waals surface area contributed by atoms with E-state index in [4.69, 9.17) is 10.5 Å². The fourth-order valence-electron chi connectivity index (χ4n) is 2.13. The molecule has 6 heteroatoms. The quantitative estimate of drug-likeness (QED) is 0.704. The number of amides is 1. The number of carbonyl (C=O) groups excluding carboxylic acids is 1. The number of nitrogens with zero attached hydrogens (tertiary/aromatic N) is 1. The maximum atomic E-state index is 12.0. The first-order valence-electron chi connectivity index (χ1n) is 6.34. The number of ether oxygens (including phenoxy) is 1. The first-order valence-corrected chi connectivity index (χ1v) is 6.34. The van der Waals surface area contributed by atoms with Gasteiger partial charge in [0.2, 0.25) is 5.91 Å². The minimum atomic E-state index is -0.552. The molecule has 2 heterocycles. The van der Waals surface area contributed by atoms with Gasteiger partial charge in [-0.1, -0.05) is 0 Å². The third-order valence-electron chi connectivity index (χ3n) is 3.35. The van der Waals surface area contributed by atoms with Crippen LogP contribution in [0.1, 0.15) is 18.5 Å². The Labute approximate surface area is 112 Å². The first kappa shape index (κ1) is 13.8. The Kier molecular flexibility index (Phi) is 4.34. The summed E-state index contributed by atoms with van der Waals surface area (Å²) in [5.41, 5.74) is 6.22. The van der Waals surface area contributed by atoms with Gasteiger partial charge in [-0.2, -0.15) is 0 Å². The summed E-state index contributed by atoms with van der Waals surface area (Å²) in [6, 6.07) is 3.44. The van der Waals surface area contributed by atoms with Gasteiger partial charge in [0.15, 0.2) is 0 Å². The van der Waals surface area contributed by atoms with Crippen LogP contribution < -0.4 is 11.1 Å². The second-order valence-electron chi connectivity index (χ2n) is 4.86. The van der Waals surface area contributed by atoms with Crippen molar-refractivity contribution in [2.24, 2.45) is 0 Å². The summed E-state index contributed by atoms with van der Waals surface area (Å²) in [5.74, 6) is -0.145. The molecule has 1 saturated heterocycles. The number of anilines is 1. The van der Waals surface area contributed by atoms with Crippen LogP contribution in [0, 0.1) is 0 Å². The Balaban J connectivity index is 1.94. The van der Waals surface area contributed by atoms with Crippen molar-refractivity contribution in [1.82, 2.24) is 10.3 Å². The van der Waals surface area contributed by atoms with Gasteiger partial charge >= 0.3 is 0 Å². The van der Waals surface area contributed by atoms with Crippen molar-refractivity contribution in [2.75, 3.05) is 25.6 Å². The molecule has 6 nitrogen and oxygen atoms in total. The van der Waals surface area contributed by atoms with Crippen molar-refractivity contribution in [2.45, 2.75) is 24.8 Å². The largest absolute Gasteiger partial charge is 0.397 e. The van der Waals surface area contributed by atoms with Crippen LogP contribution in [0.25, 0.3) is 0 Å². The Bertz CT molecular complexity index is 427. The van der Waals surface area contributed by atoms with Gasteiger partial charge in [-0.15, -0.1) is 0 Å². The number of carbonyl (C=O) groups is 1. The monoisotopic (exact) mass is 265 g/mol. The van der Waals surface area contributed by atoms with E-state index in [0.29, 0.717) is 37.4 Å². The molecular formula is C13H19N3O3. The summed E-state index contributed by atoms with van der Waals surface area (Å²) in [6.45, 7) is 1.04. The molecule has 104 valence electrons. The lowest BCUT2D eigenvalue weighted by molar-refractivity contribution is -0.124. The number of hydrogen-bond acceptors (Lipinski definition) is 5. The SMILES string of the molecule is Nc1ccc(CC(=O)NC2(CO)CCOCC2)nc1. The number of nitrogens with two attached hydrogens (primary N) is 1. The molecule has 0 aliphatic carbocycles. The molecule has 0 saturated carbocycles. The average Bonchev–Trinajstić information content (AvgIpc) is 2.42. The predicted molar refractivity (Wildman–Crippen MR) is 70.4 cm³/mol. The lowest BCUT2D eigenvalue weighted by Crippen LogP contribution is -2.55. The van der Waals surface area contributed by atoms with E-state index in [9.17, 15) is 9.90 Å². The molecule has 1 aliphatic rings. The van der Waals surface area contributed by atoms with Crippen LogP contribution in [0.5, 0.6) is 0 Å². The van der Waals surface area contributed by atoms with Gasteiger partial charge < -0.3 is 20.9 Å². The highest BCUT2D eigenvalue weighted by Crippen LogP contribution is 2.20. The van der Waals surface area contributed by atoms with Crippen molar-refractivity contribution >= 4 is 11.6 Å². The van der Waals surface area contributed by atoms with Crippen LogP contribution in [0.3, 0.4) is 0 Å². The van der Waals surface area contributed by atoms with Gasteiger partial charge in [-0.3, -0.25) is 9.78 Å². The Morgan fingerprint density at radius 3 is 2.79 bits per heavy atom. The molecule has 19 heavy (non-hydrogen) atoms. The number of nitrogen functional groups attached to an aromatic ring is 1. The summed E-state index contributed by atoms with van der Waals surface area (Å²) in [4.78, 5) is 16.1. The molecule has 1 amide bonds. The molecule has 1 aromatic heterocycles. The van der Waals surface area contributed by atoms with Crippen molar-refractivity contribution in [3.05, 3.63) is 24.0 Å². The number of aliphatic hydroxyl groups is 1. The van der Waals surface area contributed by atoms with E-state index in [1.54, 1.807) is 12.1 Å². The second kappa shape index (κ2) is 5.99. The highest BCUT2D eigenvalue weighted by molar-refractivity contribution is 5.79. The van der Waals surface area contributed by atoms with Crippen molar-refractivity contribution in [3.63, 3.8) is 0 Å². The van der Waals surface area contributed by atoms with E-state index < -0.39 is 5.54 Å². The number of hydrogen-bond donors (Lipinski definition) is 3. The molecule has 4 N–H and O–H groups in total. The lowest BCUT2D eigenvalue weighted by Gasteiger charge is -2.36. The van der Waals surface area contributed by atoms with E-state index in [-0.39, 0.29) is 18.9 Å². The van der Waals surface area contributed by atoms with E-state index in [0.717, 1.165) is 0 Å². The van der Waals surface area contributed by atoms with E-state index in [1.807, 2.05) is 0 Å². The normalized spacial score (nSPS) is 17.9. The van der Waals surface area contributed by atoms with Crippen LogP contribution in [0.4, 0.5) is 5.69 Å². The van der Waals surface area contributed by atoms with Gasteiger partial charge in [0.25, 0.3) is 0 Å². The number of rotatable bonds is 4. The highest BCUT2D eigenvalue weighted by Gasteiger charge is 2.33. The lowest BCUT2D eigenvalue weighted by atomic mass is 9.91. The number of aliphatic hydroxyl groups excluding tert-OH is 1. The molecular weight excluding hydrogens is 246 g/mol. The number of aromatic nitrogens is 1. The summed E-state index contributed by atoms with van der Waals surface area (Å²) in [5, 5.41) is 12.4. The molecule has 0 spiro atoms. The molecule has 1 fully saturated rings. The van der Waals surface area contributed by atoms with Gasteiger partial charge in [0, 0.05) is 18.9 Å². The predicted octanol–water partition coefficient (Wildman–Crippen LogP) is -0.136. The molecule has 0 atom stereocenters. The number of pyridine rings is 1. The smallest absolute Gasteiger partial charge is 0.226 e. The minimum Gasteiger partial charge on any atom is -0.397 e. The zero-order chi connectivity index (χ0) is 13.7. The molecule has 0 unspecified atom stereocenters. The first-order chi connectivity index (χ1) is 9.13. The number of nitrogens with one attached hydrogen (secondary N) is 1. The van der Waals surface area contributed by atoms with E-state index >= 15 is 0 Å². The van der Waals surface area contributed by atoms with Gasteiger partial charge in [-0.25, -0.2) is 0 Å². The summed E-state index contributed by atoms with van der Waals surface area (Å²) in [7, 11) is 0. The molecule has 2 rings (SSSR count). The molecule has 1 aliphatic heterocycles. The van der Waals surface area contributed by atoms with Crippen molar-refractivity contribution in [3.8, 4) is 0 Å². The summed E-state index contributed by atoms with van der Waals surface area (Å²) < 4.78 is 5.25. The zero-order valence-electron chi connectivity index (χ0n) is 10.8. The fraction of sp³-hybridized carbons (Fsp3) is 0.538. The van der Waals surface area contributed by atoms with Crippen LogP contribution in [-0.2, 0) is 16.0 Å². The topological polar surface area (TPSA) is 97.5 Å². The third kappa shape index (κ3) is 3.65. The van der Waals surface area contributed by atoms with Gasteiger partial charge in [0.05, 0.1) is 30.5 Å². The second-order valence-corrected chi connectivity index (χ2v) is 4.86. The highest BCUT2D eigenvalue weighted by atomic mass is 16.5.